The average molecular weight is 323 g/mol. The molecule has 2 aliphatic carbocycles. The molecular formula is C20H25N3O. The van der Waals surface area contributed by atoms with E-state index in [-0.39, 0.29) is 11.8 Å². The molecule has 0 radical (unpaired) electrons. The molecule has 2 aromatic rings. The maximum atomic E-state index is 12.6. The topological polar surface area (TPSA) is 46.9 Å². The molecule has 0 spiro atoms. The van der Waals surface area contributed by atoms with Crippen LogP contribution in [0.5, 0.6) is 0 Å². The van der Waals surface area contributed by atoms with E-state index in [4.69, 9.17) is 0 Å². The lowest BCUT2D eigenvalue weighted by atomic mass is 9.88. The summed E-state index contributed by atoms with van der Waals surface area (Å²) in [5.41, 5.74) is 4.29. The molecule has 3 unspecified atom stereocenters. The van der Waals surface area contributed by atoms with Crippen LogP contribution in [-0.4, -0.2) is 15.7 Å². The van der Waals surface area contributed by atoms with Gasteiger partial charge in [-0.2, -0.15) is 5.10 Å². The van der Waals surface area contributed by atoms with E-state index in [0.29, 0.717) is 12.5 Å². The largest absolute Gasteiger partial charge is 0.352 e. The van der Waals surface area contributed by atoms with Gasteiger partial charge in [-0.1, -0.05) is 24.6 Å². The molecule has 2 aliphatic rings. The van der Waals surface area contributed by atoms with E-state index in [1.54, 1.807) is 0 Å². The highest BCUT2D eigenvalue weighted by atomic mass is 16.1. The average Bonchev–Trinajstić information content (AvgIpc) is 3.29. The Bertz CT molecular complexity index is 750. The van der Waals surface area contributed by atoms with Crippen LogP contribution >= 0.6 is 0 Å². The molecule has 24 heavy (non-hydrogen) atoms. The summed E-state index contributed by atoms with van der Waals surface area (Å²) >= 11 is 0. The van der Waals surface area contributed by atoms with Gasteiger partial charge < -0.3 is 5.32 Å². The van der Waals surface area contributed by atoms with Crippen molar-refractivity contribution in [2.75, 3.05) is 0 Å². The van der Waals surface area contributed by atoms with E-state index in [1.807, 2.05) is 29.8 Å². The molecule has 3 atom stereocenters. The third-order valence-corrected chi connectivity index (χ3v) is 5.96. The van der Waals surface area contributed by atoms with Crippen molar-refractivity contribution in [2.24, 2.45) is 17.8 Å². The van der Waals surface area contributed by atoms with Crippen LogP contribution in [0.25, 0.3) is 5.69 Å². The fourth-order valence-electron chi connectivity index (χ4n) is 4.62. The third kappa shape index (κ3) is 2.64. The first-order chi connectivity index (χ1) is 11.6. The SMILES string of the molecule is Cc1nn(-c2ccccc2)c(C)c1CNC(=O)C1CC2CCC1C2. The second-order valence-electron chi connectivity index (χ2n) is 7.40. The van der Waals surface area contributed by atoms with Gasteiger partial charge in [-0.05, 0) is 57.1 Å². The third-order valence-electron chi connectivity index (χ3n) is 5.96. The number of benzene rings is 1. The van der Waals surface area contributed by atoms with Crippen molar-refractivity contribution < 1.29 is 4.79 Å². The molecule has 0 saturated heterocycles. The Hall–Kier alpha value is -2.10. The van der Waals surface area contributed by atoms with Crippen molar-refractivity contribution in [3.8, 4) is 5.69 Å². The summed E-state index contributed by atoms with van der Waals surface area (Å²) in [4.78, 5) is 12.6. The van der Waals surface area contributed by atoms with Crippen LogP contribution in [0.15, 0.2) is 30.3 Å². The zero-order valence-corrected chi connectivity index (χ0v) is 14.5. The van der Waals surface area contributed by atoms with Gasteiger partial charge in [0.2, 0.25) is 5.91 Å². The molecule has 1 amide bonds. The Morgan fingerprint density at radius 2 is 2.00 bits per heavy atom. The number of aryl methyl sites for hydroxylation is 1. The summed E-state index contributed by atoms with van der Waals surface area (Å²) in [5, 5.41) is 7.84. The van der Waals surface area contributed by atoms with Crippen molar-refractivity contribution in [2.45, 2.75) is 46.1 Å². The van der Waals surface area contributed by atoms with Crippen LogP contribution in [0.4, 0.5) is 0 Å². The molecule has 1 aromatic carbocycles. The number of hydrogen-bond donors (Lipinski definition) is 1. The number of fused-ring (bicyclic) bond motifs is 2. The van der Waals surface area contributed by atoms with E-state index in [9.17, 15) is 4.79 Å². The fourth-order valence-corrected chi connectivity index (χ4v) is 4.62. The summed E-state index contributed by atoms with van der Waals surface area (Å²) in [6, 6.07) is 10.1. The highest BCUT2D eigenvalue weighted by Crippen LogP contribution is 2.48. The van der Waals surface area contributed by atoms with E-state index >= 15 is 0 Å². The van der Waals surface area contributed by atoms with Crippen LogP contribution in [0, 0.1) is 31.6 Å². The summed E-state index contributed by atoms with van der Waals surface area (Å²) in [6.45, 7) is 4.68. The second kappa shape index (κ2) is 6.08. The standard InChI is InChI=1S/C20H25N3O/c1-13-19(14(2)23(22-13)17-6-4-3-5-7-17)12-21-20(24)18-11-15-8-9-16(18)10-15/h3-7,15-16,18H,8-12H2,1-2H3,(H,21,24). The molecule has 2 saturated carbocycles. The fraction of sp³-hybridized carbons (Fsp3) is 0.500. The van der Waals surface area contributed by atoms with E-state index in [1.165, 1.54) is 19.3 Å². The number of hydrogen-bond acceptors (Lipinski definition) is 2. The Morgan fingerprint density at radius 1 is 1.21 bits per heavy atom. The number of para-hydroxylation sites is 1. The summed E-state index contributed by atoms with van der Waals surface area (Å²) < 4.78 is 1.97. The Labute approximate surface area is 143 Å². The zero-order valence-electron chi connectivity index (χ0n) is 14.5. The number of rotatable bonds is 4. The number of carbonyl (C=O) groups excluding carboxylic acids is 1. The molecule has 4 nitrogen and oxygen atoms in total. The van der Waals surface area contributed by atoms with Gasteiger partial charge in [0, 0.05) is 23.7 Å². The highest BCUT2D eigenvalue weighted by molar-refractivity contribution is 5.79. The molecule has 0 aliphatic heterocycles. The van der Waals surface area contributed by atoms with E-state index in [2.05, 4.69) is 29.5 Å². The van der Waals surface area contributed by atoms with Gasteiger partial charge in [-0.3, -0.25) is 4.79 Å². The van der Waals surface area contributed by atoms with Crippen molar-refractivity contribution >= 4 is 5.91 Å². The number of aromatic nitrogens is 2. The van der Waals surface area contributed by atoms with Crippen molar-refractivity contribution in [3.63, 3.8) is 0 Å². The first-order valence-corrected chi connectivity index (χ1v) is 9.01. The molecule has 4 rings (SSSR count). The lowest BCUT2D eigenvalue weighted by molar-refractivity contribution is -0.126. The molecule has 2 fully saturated rings. The zero-order chi connectivity index (χ0) is 16.7. The maximum absolute atomic E-state index is 12.6. The monoisotopic (exact) mass is 323 g/mol. The first-order valence-electron chi connectivity index (χ1n) is 9.01. The van der Waals surface area contributed by atoms with Gasteiger partial charge >= 0.3 is 0 Å². The lowest BCUT2D eigenvalue weighted by Gasteiger charge is -2.20. The normalized spacial score (nSPS) is 25.2. The van der Waals surface area contributed by atoms with Gasteiger partial charge in [-0.15, -0.1) is 0 Å². The summed E-state index contributed by atoms with van der Waals surface area (Å²) in [6.07, 6.45) is 4.93. The van der Waals surface area contributed by atoms with Gasteiger partial charge in [-0.25, -0.2) is 4.68 Å². The number of nitrogens with zero attached hydrogens (tertiary/aromatic N) is 2. The smallest absolute Gasteiger partial charge is 0.223 e. The molecule has 1 heterocycles. The van der Waals surface area contributed by atoms with Crippen molar-refractivity contribution in [1.29, 1.82) is 0 Å². The molecular weight excluding hydrogens is 298 g/mol. The summed E-state index contributed by atoms with van der Waals surface area (Å²) in [7, 11) is 0. The van der Waals surface area contributed by atoms with Gasteiger partial charge in [0.05, 0.1) is 11.4 Å². The van der Waals surface area contributed by atoms with Gasteiger partial charge in [0.25, 0.3) is 0 Å². The highest BCUT2D eigenvalue weighted by Gasteiger charge is 2.42. The van der Waals surface area contributed by atoms with E-state index < -0.39 is 0 Å². The minimum Gasteiger partial charge on any atom is -0.352 e. The van der Waals surface area contributed by atoms with Crippen molar-refractivity contribution in [1.82, 2.24) is 15.1 Å². The second-order valence-corrected chi connectivity index (χ2v) is 7.40. The number of nitrogens with one attached hydrogen (secondary N) is 1. The molecule has 126 valence electrons. The molecule has 1 aromatic heterocycles. The van der Waals surface area contributed by atoms with Crippen LogP contribution in [-0.2, 0) is 11.3 Å². The van der Waals surface area contributed by atoms with Crippen LogP contribution < -0.4 is 5.32 Å². The van der Waals surface area contributed by atoms with Gasteiger partial charge in [0.15, 0.2) is 0 Å². The predicted octanol–water partition coefficient (Wildman–Crippen LogP) is 3.54. The van der Waals surface area contributed by atoms with Gasteiger partial charge in [0.1, 0.15) is 0 Å². The number of carbonyl (C=O) groups is 1. The van der Waals surface area contributed by atoms with Crippen LogP contribution in [0.3, 0.4) is 0 Å². The number of amides is 1. The minimum atomic E-state index is 0.244. The minimum absolute atomic E-state index is 0.244. The molecule has 4 heteroatoms. The molecule has 2 bridgehead atoms. The molecule has 1 N–H and O–H groups in total. The maximum Gasteiger partial charge on any atom is 0.223 e. The van der Waals surface area contributed by atoms with Crippen LogP contribution in [0.1, 0.15) is 42.6 Å². The first kappa shape index (κ1) is 15.4. The Balaban J connectivity index is 1.47. The Morgan fingerprint density at radius 3 is 2.67 bits per heavy atom. The summed E-state index contributed by atoms with van der Waals surface area (Å²) in [5.74, 6) is 1.92. The lowest BCUT2D eigenvalue weighted by Crippen LogP contribution is -2.33. The predicted molar refractivity (Wildman–Crippen MR) is 93.8 cm³/mol. The Kier molecular flexibility index (Phi) is 3.91. The van der Waals surface area contributed by atoms with E-state index in [0.717, 1.165) is 35.0 Å². The van der Waals surface area contributed by atoms with Crippen molar-refractivity contribution in [3.05, 3.63) is 47.3 Å². The quantitative estimate of drug-likeness (QED) is 0.935. The van der Waals surface area contributed by atoms with Crippen LogP contribution in [0.2, 0.25) is 0 Å².